The second-order valence-electron chi connectivity index (χ2n) is 4.77. The third kappa shape index (κ3) is 3.53. The van der Waals surface area contributed by atoms with Crippen molar-refractivity contribution >= 4 is 5.91 Å². The summed E-state index contributed by atoms with van der Waals surface area (Å²) < 4.78 is 0. The van der Waals surface area contributed by atoms with Crippen molar-refractivity contribution < 1.29 is 4.79 Å². The number of rotatable bonds is 5. The number of H-pyrrole nitrogens is 1. The van der Waals surface area contributed by atoms with Gasteiger partial charge in [0.2, 0.25) is 5.91 Å². The monoisotopic (exact) mass is 251 g/mol. The van der Waals surface area contributed by atoms with Crippen LogP contribution in [0.1, 0.15) is 31.9 Å². The predicted octanol–water partition coefficient (Wildman–Crippen LogP) is 0.338. The van der Waals surface area contributed by atoms with Gasteiger partial charge >= 0.3 is 0 Å². The zero-order valence-electron chi connectivity index (χ0n) is 10.9. The first kappa shape index (κ1) is 13.0. The van der Waals surface area contributed by atoms with Crippen molar-refractivity contribution in [2.24, 2.45) is 0 Å². The summed E-state index contributed by atoms with van der Waals surface area (Å²) in [5, 5.41) is 13.2. The minimum absolute atomic E-state index is 0.0254. The molecule has 1 aliphatic heterocycles. The first-order valence-corrected chi connectivity index (χ1v) is 6.64. The van der Waals surface area contributed by atoms with Crippen LogP contribution in [0, 0.1) is 0 Å². The normalized spacial score (nSPS) is 18.5. The zero-order valence-corrected chi connectivity index (χ0v) is 10.9. The molecule has 0 spiro atoms. The van der Waals surface area contributed by atoms with E-state index in [1.807, 2.05) is 6.92 Å². The van der Waals surface area contributed by atoms with Crippen molar-refractivity contribution in [1.82, 2.24) is 25.6 Å². The summed E-state index contributed by atoms with van der Waals surface area (Å²) in [5.74, 6) is 0.111. The molecule has 18 heavy (non-hydrogen) atoms. The third-order valence-corrected chi connectivity index (χ3v) is 3.46. The lowest BCUT2D eigenvalue weighted by Crippen LogP contribution is -2.47. The van der Waals surface area contributed by atoms with Crippen molar-refractivity contribution in [2.45, 2.75) is 38.6 Å². The van der Waals surface area contributed by atoms with Gasteiger partial charge in [-0.1, -0.05) is 6.42 Å². The van der Waals surface area contributed by atoms with Gasteiger partial charge in [0.1, 0.15) is 0 Å². The van der Waals surface area contributed by atoms with E-state index in [1.54, 1.807) is 6.20 Å². The second kappa shape index (κ2) is 6.49. The fourth-order valence-corrected chi connectivity index (χ4v) is 2.28. The number of piperidine rings is 1. The molecule has 0 radical (unpaired) electrons. The molecule has 0 aromatic carbocycles. The number of hydrogen-bond donors (Lipinski definition) is 2. The average molecular weight is 251 g/mol. The highest BCUT2D eigenvalue weighted by Gasteiger charge is 2.22. The third-order valence-electron chi connectivity index (χ3n) is 3.46. The highest BCUT2D eigenvalue weighted by Crippen LogP contribution is 2.11. The van der Waals surface area contributed by atoms with Crippen LogP contribution in [0.4, 0.5) is 0 Å². The van der Waals surface area contributed by atoms with Crippen molar-refractivity contribution in [3.8, 4) is 0 Å². The van der Waals surface area contributed by atoms with Crippen LogP contribution in [0.2, 0.25) is 0 Å². The molecular formula is C12H21N5O. The van der Waals surface area contributed by atoms with E-state index >= 15 is 0 Å². The highest BCUT2D eigenvalue weighted by molar-refractivity contribution is 5.81. The largest absolute Gasteiger partial charge is 0.354 e. The Hall–Kier alpha value is -1.43. The van der Waals surface area contributed by atoms with E-state index in [4.69, 9.17) is 0 Å². The van der Waals surface area contributed by atoms with E-state index in [1.165, 1.54) is 19.3 Å². The Balaban J connectivity index is 1.70. The van der Waals surface area contributed by atoms with Crippen LogP contribution < -0.4 is 5.32 Å². The molecule has 1 atom stereocenters. The Kier molecular flexibility index (Phi) is 4.69. The van der Waals surface area contributed by atoms with Crippen LogP contribution in [0.25, 0.3) is 0 Å². The maximum absolute atomic E-state index is 12.0. The SMILES string of the molecule is C[C@@H](C(=O)NCCc1cn[nH]n1)N1CCCCC1. The smallest absolute Gasteiger partial charge is 0.237 e. The Morgan fingerprint density at radius 1 is 1.50 bits per heavy atom. The van der Waals surface area contributed by atoms with Crippen LogP contribution >= 0.6 is 0 Å². The molecule has 6 heteroatoms. The molecule has 1 amide bonds. The lowest BCUT2D eigenvalue weighted by Gasteiger charge is -2.31. The van der Waals surface area contributed by atoms with Crippen LogP contribution in [-0.4, -0.2) is 51.9 Å². The summed E-state index contributed by atoms with van der Waals surface area (Å²) in [7, 11) is 0. The molecule has 0 saturated carbocycles. The Morgan fingerprint density at radius 3 is 2.94 bits per heavy atom. The molecule has 1 fully saturated rings. The molecule has 2 heterocycles. The van der Waals surface area contributed by atoms with E-state index < -0.39 is 0 Å². The first-order valence-electron chi connectivity index (χ1n) is 6.64. The molecule has 2 rings (SSSR count). The topological polar surface area (TPSA) is 73.9 Å². The molecule has 6 nitrogen and oxygen atoms in total. The lowest BCUT2D eigenvalue weighted by atomic mass is 10.1. The van der Waals surface area contributed by atoms with E-state index in [0.717, 1.165) is 25.2 Å². The number of aromatic amines is 1. The number of likely N-dealkylation sites (tertiary alicyclic amines) is 1. The van der Waals surface area contributed by atoms with Gasteiger partial charge in [-0.05, 0) is 32.9 Å². The molecule has 100 valence electrons. The van der Waals surface area contributed by atoms with Gasteiger partial charge in [-0.3, -0.25) is 9.69 Å². The van der Waals surface area contributed by atoms with Crippen LogP contribution in [0.5, 0.6) is 0 Å². The maximum atomic E-state index is 12.0. The van der Waals surface area contributed by atoms with Crippen molar-refractivity contribution in [3.05, 3.63) is 11.9 Å². The highest BCUT2D eigenvalue weighted by atomic mass is 16.2. The summed E-state index contributed by atoms with van der Waals surface area (Å²) >= 11 is 0. The van der Waals surface area contributed by atoms with Gasteiger partial charge in [-0.2, -0.15) is 15.4 Å². The van der Waals surface area contributed by atoms with E-state index in [0.29, 0.717) is 6.54 Å². The van der Waals surface area contributed by atoms with E-state index in [2.05, 4.69) is 25.6 Å². The maximum Gasteiger partial charge on any atom is 0.237 e. The van der Waals surface area contributed by atoms with Gasteiger partial charge in [0.25, 0.3) is 0 Å². The molecule has 1 aliphatic rings. The van der Waals surface area contributed by atoms with Gasteiger partial charge in [-0.15, -0.1) is 0 Å². The fourth-order valence-electron chi connectivity index (χ4n) is 2.28. The first-order chi connectivity index (χ1) is 8.77. The number of nitrogens with zero attached hydrogens (tertiary/aromatic N) is 3. The van der Waals surface area contributed by atoms with Crippen LogP contribution in [0.15, 0.2) is 6.20 Å². The standard InChI is InChI=1S/C12H21N5O/c1-10(17-7-3-2-4-8-17)12(18)13-6-5-11-9-14-16-15-11/h9-10H,2-8H2,1H3,(H,13,18)(H,14,15,16)/t10-/m0/s1. The van der Waals surface area contributed by atoms with Gasteiger partial charge in [0, 0.05) is 13.0 Å². The molecule has 2 N–H and O–H groups in total. The molecule has 1 saturated heterocycles. The fraction of sp³-hybridized carbons (Fsp3) is 0.750. The summed E-state index contributed by atoms with van der Waals surface area (Å²) in [5.41, 5.74) is 0.876. The summed E-state index contributed by atoms with van der Waals surface area (Å²) in [6.45, 7) is 4.68. The van der Waals surface area contributed by atoms with Crippen molar-refractivity contribution in [2.75, 3.05) is 19.6 Å². The zero-order chi connectivity index (χ0) is 12.8. The van der Waals surface area contributed by atoms with Crippen LogP contribution in [-0.2, 0) is 11.2 Å². The number of hydrogen-bond acceptors (Lipinski definition) is 4. The van der Waals surface area contributed by atoms with Gasteiger partial charge in [0.05, 0.1) is 17.9 Å². The number of carbonyl (C=O) groups is 1. The van der Waals surface area contributed by atoms with Crippen molar-refractivity contribution in [3.63, 3.8) is 0 Å². The quantitative estimate of drug-likeness (QED) is 0.791. The molecule has 0 unspecified atom stereocenters. The summed E-state index contributed by atoms with van der Waals surface area (Å²) in [6.07, 6.45) is 6.10. The lowest BCUT2D eigenvalue weighted by molar-refractivity contribution is -0.126. The van der Waals surface area contributed by atoms with Gasteiger partial charge < -0.3 is 5.32 Å². The number of amides is 1. The number of carbonyl (C=O) groups excluding carboxylic acids is 1. The van der Waals surface area contributed by atoms with E-state index in [-0.39, 0.29) is 11.9 Å². The molecule has 0 bridgehead atoms. The predicted molar refractivity (Wildman–Crippen MR) is 68.0 cm³/mol. The van der Waals surface area contributed by atoms with Crippen LogP contribution in [0.3, 0.4) is 0 Å². The van der Waals surface area contributed by atoms with E-state index in [9.17, 15) is 4.79 Å². The second-order valence-corrected chi connectivity index (χ2v) is 4.77. The molecule has 1 aromatic rings. The van der Waals surface area contributed by atoms with Gasteiger partial charge in [-0.25, -0.2) is 0 Å². The minimum Gasteiger partial charge on any atom is -0.354 e. The minimum atomic E-state index is -0.0254. The summed E-state index contributed by atoms with van der Waals surface area (Å²) in [4.78, 5) is 14.2. The summed E-state index contributed by atoms with van der Waals surface area (Å²) in [6, 6.07) is -0.0254. The van der Waals surface area contributed by atoms with Crippen molar-refractivity contribution in [1.29, 1.82) is 0 Å². The van der Waals surface area contributed by atoms with Gasteiger partial charge in [0.15, 0.2) is 0 Å². The Morgan fingerprint density at radius 2 is 2.28 bits per heavy atom. The average Bonchev–Trinajstić information content (AvgIpc) is 2.92. The Bertz CT molecular complexity index is 359. The Labute approximate surface area is 107 Å². The molecule has 0 aliphatic carbocycles. The molecule has 1 aromatic heterocycles. The molecular weight excluding hydrogens is 230 g/mol. The number of nitrogens with one attached hydrogen (secondary N) is 2. The number of aromatic nitrogens is 3.